The topological polar surface area (TPSA) is 167 Å². The van der Waals surface area contributed by atoms with E-state index in [-0.39, 0.29) is 51.0 Å². The molecular formula is C27H34N6O6S. The average molecular weight is 571 g/mol. The Kier molecular flexibility index (Phi) is 7.47. The number of aliphatic hydroxyl groups excluding tert-OH is 1. The Morgan fingerprint density at radius 3 is 2.65 bits per heavy atom. The standard InChI is InChI=1S/C27H34N6O6S/c1-26(2)25(36)29-10-13-39-14-12-33-22-20(7-11-32(24(22)35)17-27(8-9-27)40(26,37)38)21(31-33)23(34)30-16-19-5-3-18(15-28)4-6-19/h3-6,24,35H,7-14,16-17H2,1-2H3,(H,29,36)(H,30,34). The normalized spacial score (nSPS) is 25.1. The van der Waals surface area contributed by atoms with Crippen LogP contribution in [-0.2, 0) is 38.9 Å². The molecule has 13 heteroatoms. The van der Waals surface area contributed by atoms with Crippen molar-refractivity contribution in [2.75, 3.05) is 32.8 Å². The minimum Gasteiger partial charge on any atom is -0.378 e. The van der Waals surface area contributed by atoms with Gasteiger partial charge in [-0.1, -0.05) is 12.1 Å². The largest absolute Gasteiger partial charge is 0.378 e. The molecule has 2 atom stereocenters. The van der Waals surface area contributed by atoms with Gasteiger partial charge in [-0.05, 0) is 50.8 Å². The summed E-state index contributed by atoms with van der Waals surface area (Å²) >= 11 is 0. The molecule has 2 aromatic rings. The summed E-state index contributed by atoms with van der Waals surface area (Å²) in [5.74, 6) is -0.954. The van der Waals surface area contributed by atoms with Crippen LogP contribution in [0.2, 0.25) is 0 Å². The SMILES string of the molecule is CC1(C)C(=O)NCCOCCn2nc(C(=O)NCc3ccc(C#N)cc3)c3c2C(O)N(CC3)CC2(CC2)S1(=O)=O. The Labute approximate surface area is 233 Å². The number of amides is 2. The molecule has 1 saturated carbocycles. The van der Waals surface area contributed by atoms with Crippen LogP contribution in [0.15, 0.2) is 24.3 Å². The van der Waals surface area contributed by atoms with Crippen LogP contribution in [0, 0.1) is 11.3 Å². The number of nitrogens with one attached hydrogen (secondary N) is 2. The maximum Gasteiger partial charge on any atom is 0.272 e. The van der Waals surface area contributed by atoms with Gasteiger partial charge in [-0.25, -0.2) is 8.42 Å². The van der Waals surface area contributed by atoms with Crippen LogP contribution in [0.5, 0.6) is 0 Å². The summed E-state index contributed by atoms with van der Waals surface area (Å²) in [4.78, 5) is 27.8. The lowest BCUT2D eigenvalue weighted by Gasteiger charge is -2.37. The van der Waals surface area contributed by atoms with Gasteiger partial charge in [-0.15, -0.1) is 0 Å². The van der Waals surface area contributed by atoms with Crippen molar-refractivity contribution in [3.63, 3.8) is 0 Å². The van der Waals surface area contributed by atoms with E-state index in [9.17, 15) is 23.1 Å². The molecule has 3 N–H and O–H groups in total. The number of aromatic nitrogens is 2. The second-order valence-corrected chi connectivity index (χ2v) is 14.0. The predicted molar refractivity (Wildman–Crippen MR) is 144 cm³/mol. The third-order valence-electron chi connectivity index (χ3n) is 8.15. The first kappa shape index (κ1) is 28.2. The number of rotatable bonds is 3. The van der Waals surface area contributed by atoms with E-state index >= 15 is 0 Å². The molecule has 0 saturated heterocycles. The summed E-state index contributed by atoms with van der Waals surface area (Å²) in [6.07, 6.45) is 0.0412. The Balaban J connectivity index is 1.42. The lowest BCUT2D eigenvalue weighted by atomic mass is 10.0. The number of nitriles is 1. The summed E-state index contributed by atoms with van der Waals surface area (Å²) in [6, 6.07) is 8.97. The van der Waals surface area contributed by atoms with Crippen LogP contribution < -0.4 is 10.6 Å². The van der Waals surface area contributed by atoms with Crippen LogP contribution in [0.3, 0.4) is 0 Å². The molecule has 1 aromatic carbocycles. The average Bonchev–Trinajstić information content (AvgIpc) is 3.64. The van der Waals surface area contributed by atoms with Crippen molar-refractivity contribution in [2.45, 2.75) is 61.9 Å². The Bertz CT molecular complexity index is 1460. The molecule has 1 aliphatic carbocycles. The minimum atomic E-state index is -3.91. The molecule has 2 unspecified atom stereocenters. The second kappa shape index (κ2) is 10.6. The maximum absolute atomic E-state index is 13.7. The molecule has 5 rings (SSSR count). The van der Waals surface area contributed by atoms with Crippen molar-refractivity contribution in [3.05, 3.63) is 52.3 Å². The molecule has 3 aliphatic rings. The van der Waals surface area contributed by atoms with Gasteiger partial charge < -0.3 is 20.5 Å². The molecule has 40 heavy (non-hydrogen) atoms. The van der Waals surface area contributed by atoms with Crippen LogP contribution in [0.25, 0.3) is 0 Å². The molecule has 0 radical (unpaired) electrons. The van der Waals surface area contributed by atoms with Crippen LogP contribution in [0.4, 0.5) is 0 Å². The van der Waals surface area contributed by atoms with E-state index in [0.29, 0.717) is 42.6 Å². The number of carbonyl (C=O) groups is 2. The molecule has 1 spiro atoms. The van der Waals surface area contributed by atoms with Gasteiger partial charge in [-0.3, -0.25) is 19.2 Å². The van der Waals surface area contributed by atoms with Crippen LogP contribution in [0.1, 0.15) is 65.8 Å². The maximum atomic E-state index is 13.7. The highest BCUT2D eigenvalue weighted by Crippen LogP contribution is 2.50. The van der Waals surface area contributed by atoms with E-state index < -0.39 is 31.5 Å². The first-order valence-electron chi connectivity index (χ1n) is 13.4. The van der Waals surface area contributed by atoms with E-state index in [1.165, 1.54) is 13.8 Å². The highest BCUT2D eigenvalue weighted by atomic mass is 32.2. The summed E-state index contributed by atoms with van der Waals surface area (Å²) < 4.78 is 32.0. The molecule has 3 heterocycles. The zero-order chi connectivity index (χ0) is 28.7. The van der Waals surface area contributed by atoms with Gasteiger partial charge in [0.25, 0.3) is 5.91 Å². The van der Waals surface area contributed by atoms with Gasteiger partial charge in [0.15, 0.2) is 21.8 Å². The molecule has 214 valence electrons. The van der Waals surface area contributed by atoms with Gasteiger partial charge in [0.05, 0.1) is 41.8 Å². The van der Waals surface area contributed by atoms with E-state index in [0.717, 1.165) is 5.56 Å². The fourth-order valence-corrected chi connectivity index (χ4v) is 7.84. The molecular weight excluding hydrogens is 536 g/mol. The van der Waals surface area contributed by atoms with Gasteiger partial charge in [0.2, 0.25) is 5.91 Å². The first-order valence-corrected chi connectivity index (χ1v) is 14.9. The van der Waals surface area contributed by atoms with Crippen LogP contribution in [-0.4, -0.2) is 82.4 Å². The monoisotopic (exact) mass is 570 g/mol. The first-order chi connectivity index (χ1) is 19.0. The van der Waals surface area contributed by atoms with Gasteiger partial charge >= 0.3 is 0 Å². The fourth-order valence-electron chi connectivity index (χ4n) is 5.47. The zero-order valence-corrected chi connectivity index (χ0v) is 23.5. The predicted octanol–water partition coefficient (Wildman–Crippen LogP) is 0.406. The fraction of sp³-hybridized carbons (Fsp3) is 0.556. The number of ether oxygens (including phenoxy) is 1. The molecule has 1 aromatic heterocycles. The molecule has 2 amide bonds. The number of nitrogens with zero attached hydrogens (tertiary/aromatic N) is 4. The van der Waals surface area contributed by atoms with E-state index in [1.807, 2.05) is 0 Å². The summed E-state index contributed by atoms with van der Waals surface area (Å²) in [5.41, 5.74) is 2.64. The number of fused-ring (bicyclic) bond motifs is 1. The third kappa shape index (κ3) is 4.89. The summed E-state index contributed by atoms with van der Waals surface area (Å²) in [5, 5.41) is 30.6. The van der Waals surface area contributed by atoms with Gasteiger partial charge in [0.1, 0.15) is 4.75 Å². The molecule has 2 aliphatic heterocycles. The van der Waals surface area contributed by atoms with Crippen molar-refractivity contribution >= 4 is 21.7 Å². The molecule has 2 bridgehead atoms. The van der Waals surface area contributed by atoms with E-state index in [1.54, 1.807) is 33.8 Å². The Hall–Kier alpha value is -3.31. The second-order valence-electron chi connectivity index (χ2n) is 11.1. The zero-order valence-electron chi connectivity index (χ0n) is 22.6. The highest BCUT2D eigenvalue weighted by molar-refractivity contribution is 7.95. The smallest absolute Gasteiger partial charge is 0.272 e. The number of benzene rings is 1. The highest BCUT2D eigenvalue weighted by Gasteiger charge is 2.62. The lowest BCUT2D eigenvalue weighted by molar-refractivity contribution is -0.123. The summed E-state index contributed by atoms with van der Waals surface area (Å²) in [6.45, 7) is 4.31. The number of aliphatic hydroxyl groups is 1. The summed E-state index contributed by atoms with van der Waals surface area (Å²) in [7, 11) is -3.91. The number of carbonyl (C=O) groups excluding carboxylic acids is 2. The third-order valence-corrected chi connectivity index (χ3v) is 11.4. The van der Waals surface area contributed by atoms with E-state index in [4.69, 9.17) is 10.00 Å². The Morgan fingerprint density at radius 2 is 1.98 bits per heavy atom. The number of sulfone groups is 1. The quantitative estimate of drug-likeness (QED) is 0.473. The Morgan fingerprint density at radius 1 is 1.25 bits per heavy atom. The van der Waals surface area contributed by atoms with Crippen molar-refractivity contribution in [1.82, 2.24) is 25.3 Å². The van der Waals surface area contributed by atoms with Gasteiger partial charge in [0, 0.05) is 31.7 Å². The number of hydrogen-bond donors (Lipinski definition) is 3. The van der Waals surface area contributed by atoms with Crippen molar-refractivity contribution in [3.8, 4) is 6.07 Å². The molecule has 1 fully saturated rings. The van der Waals surface area contributed by atoms with Gasteiger partial charge in [-0.2, -0.15) is 10.4 Å². The van der Waals surface area contributed by atoms with Crippen molar-refractivity contribution < 1.29 is 27.9 Å². The minimum absolute atomic E-state index is 0.0779. The molecule has 12 nitrogen and oxygen atoms in total. The lowest BCUT2D eigenvalue weighted by Crippen LogP contribution is -2.55. The number of hydrogen-bond acceptors (Lipinski definition) is 9. The van der Waals surface area contributed by atoms with Crippen LogP contribution >= 0.6 is 0 Å². The van der Waals surface area contributed by atoms with E-state index in [2.05, 4.69) is 21.8 Å². The van der Waals surface area contributed by atoms with Crippen molar-refractivity contribution in [2.24, 2.45) is 0 Å². The van der Waals surface area contributed by atoms with Crippen molar-refractivity contribution in [1.29, 1.82) is 5.26 Å².